The highest BCUT2D eigenvalue weighted by Gasteiger charge is 2.09. The van der Waals surface area contributed by atoms with Gasteiger partial charge in [0.25, 0.3) is 0 Å². The lowest BCUT2D eigenvalue weighted by molar-refractivity contribution is -0.137. The number of carbonyl (C=O) groups is 2. The van der Waals surface area contributed by atoms with E-state index in [1.807, 2.05) is 0 Å². The molecular formula is C17H25NO3. The van der Waals surface area contributed by atoms with E-state index in [2.05, 4.69) is 38.1 Å². The Kier molecular flexibility index (Phi) is 6.92. The van der Waals surface area contributed by atoms with Gasteiger partial charge in [-0.1, -0.05) is 38.1 Å². The van der Waals surface area contributed by atoms with Crippen LogP contribution >= 0.6 is 0 Å². The second kappa shape index (κ2) is 8.45. The Morgan fingerprint density at radius 2 is 1.67 bits per heavy atom. The van der Waals surface area contributed by atoms with E-state index in [9.17, 15) is 9.59 Å². The summed E-state index contributed by atoms with van der Waals surface area (Å²) in [5, 5.41) is 8.55. The average molecular weight is 291 g/mol. The molecule has 0 atom stereocenters. The molecule has 0 aliphatic heterocycles. The highest BCUT2D eigenvalue weighted by atomic mass is 16.4. The molecule has 0 aliphatic carbocycles. The molecule has 0 bridgehead atoms. The van der Waals surface area contributed by atoms with Gasteiger partial charge in [-0.3, -0.25) is 9.59 Å². The number of unbranched alkanes of at least 4 members (excludes halogenated alkanes) is 1. The van der Waals surface area contributed by atoms with Crippen molar-refractivity contribution in [3.63, 3.8) is 0 Å². The molecular weight excluding hydrogens is 266 g/mol. The van der Waals surface area contributed by atoms with Crippen LogP contribution in [0.5, 0.6) is 0 Å². The highest BCUT2D eigenvalue weighted by molar-refractivity contribution is 5.75. The minimum atomic E-state index is -0.805. The first-order valence-corrected chi connectivity index (χ1v) is 7.44. The minimum absolute atomic E-state index is 0.0633. The Hall–Kier alpha value is -1.84. The van der Waals surface area contributed by atoms with E-state index in [0.29, 0.717) is 31.7 Å². The number of carboxylic acid groups (broad SMARTS) is 1. The second-order valence-electron chi connectivity index (χ2n) is 5.75. The van der Waals surface area contributed by atoms with Crippen molar-refractivity contribution in [3.8, 4) is 0 Å². The van der Waals surface area contributed by atoms with Crippen LogP contribution in [0.25, 0.3) is 0 Å². The van der Waals surface area contributed by atoms with Gasteiger partial charge in [-0.25, -0.2) is 0 Å². The molecule has 0 aromatic heterocycles. The van der Waals surface area contributed by atoms with Crippen LogP contribution in [0.1, 0.15) is 56.6 Å². The highest BCUT2D eigenvalue weighted by Crippen LogP contribution is 2.15. The van der Waals surface area contributed by atoms with Crippen LogP contribution in [0.15, 0.2) is 24.3 Å². The summed E-state index contributed by atoms with van der Waals surface area (Å²) in [6, 6.07) is 8.32. The van der Waals surface area contributed by atoms with E-state index < -0.39 is 5.97 Å². The van der Waals surface area contributed by atoms with Crippen molar-refractivity contribution in [2.75, 3.05) is 7.05 Å². The molecule has 0 saturated carbocycles. The number of benzene rings is 1. The summed E-state index contributed by atoms with van der Waals surface area (Å²) < 4.78 is 0. The summed E-state index contributed by atoms with van der Waals surface area (Å²) in [7, 11) is 1.79. The van der Waals surface area contributed by atoms with Crippen LogP contribution in [0.2, 0.25) is 0 Å². The van der Waals surface area contributed by atoms with Crippen molar-refractivity contribution in [1.82, 2.24) is 4.90 Å². The first-order valence-electron chi connectivity index (χ1n) is 7.44. The van der Waals surface area contributed by atoms with E-state index >= 15 is 0 Å². The van der Waals surface area contributed by atoms with Gasteiger partial charge in [-0.2, -0.15) is 0 Å². The predicted octanol–water partition coefficient (Wildman–Crippen LogP) is 3.41. The number of nitrogens with zero attached hydrogens (tertiary/aromatic N) is 1. The van der Waals surface area contributed by atoms with Crippen molar-refractivity contribution in [1.29, 1.82) is 0 Å². The smallest absolute Gasteiger partial charge is 0.303 e. The molecule has 1 amide bonds. The molecule has 4 heteroatoms. The van der Waals surface area contributed by atoms with Crippen molar-refractivity contribution < 1.29 is 14.7 Å². The van der Waals surface area contributed by atoms with Gasteiger partial charge >= 0.3 is 5.97 Å². The van der Waals surface area contributed by atoms with Crippen LogP contribution in [-0.2, 0) is 16.1 Å². The maximum Gasteiger partial charge on any atom is 0.303 e. The summed E-state index contributed by atoms with van der Waals surface area (Å²) in [5.74, 6) is -0.234. The average Bonchev–Trinajstić information content (AvgIpc) is 2.43. The Bertz CT molecular complexity index is 465. The van der Waals surface area contributed by atoms with Gasteiger partial charge in [0, 0.05) is 26.4 Å². The van der Waals surface area contributed by atoms with Gasteiger partial charge in [0.2, 0.25) is 5.91 Å². The lowest BCUT2D eigenvalue weighted by Crippen LogP contribution is -2.25. The van der Waals surface area contributed by atoms with Gasteiger partial charge in [0.05, 0.1) is 0 Å². The van der Waals surface area contributed by atoms with Crippen molar-refractivity contribution in [3.05, 3.63) is 35.4 Å². The number of aliphatic carboxylic acids is 1. The third-order valence-electron chi connectivity index (χ3n) is 3.52. The first-order chi connectivity index (χ1) is 9.90. The largest absolute Gasteiger partial charge is 0.481 e. The van der Waals surface area contributed by atoms with E-state index in [4.69, 9.17) is 5.11 Å². The molecule has 1 rings (SSSR count). The molecule has 0 unspecified atom stereocenters. The maximum absolute atomic E-state index is 11.9. The van der Waals surface area contributed by atoms with Crippen LogP contribution in [0.3, 0.4) is 0 Å². The molecule has 1 aromatic carbocycles. The standard InChI is InChI=1S/C17H25NO3/c1-13(2)15-10-8-14(9-11-15)12-18(3)16(19)6-4-5-7-17(20)21/h8-11,13H,4-7,12H2,1-3H3,(H,20,21). The van der Waals surface area contributed by atoms with E-state index in [0.717, 1.165) is 5.56 Å². The van der Waals surface area contributed by atoms with Crippen molar-refractivity contribution in [2.24, 2.45) is 0 Å². The topological polar surface area (TPSA) is 57.6 Å². The molecule has 0 heterocycles. The molecule has 4 nitrogen and oxygen atoms in total. The van der Waals surface area contributed by atoms with Gasteiger partial charge in [-0.05, 0) is 29.9 Å². The number of rotatable bonds is 8. The van der Waals surface area contributed by atoms with Crippen LogP contribution in [0, 0.1) is 0 Å². The normalized spacial score (nSPS) is 10.7. The van der Waals surface area contributed by atoms with Crippen molar-refractivity contribution in [2.45, 2.75) is 52.0 Å². The Morgan fingerprint density at radius 3 is 2.19 bits per heavy atom. The number of hydrogen-bond acceptors (Lipinski definition) is 2. The quantitative estimate of drug-likeness (QED) is 0.747. The van der Waals surface area contributed by atoms with E-state index in [1.165, 1.54) is 5.56 Å². The first kappa shape index (κ1) is 17.2. The second-order valence-corrected chi connectivity index (χ2v) is 5.75. The summed E-state index contributed by atoms with van der Waals surface area (Å²) in [5.41, 5.74) is 2.40. The number of carboxylic acids is 1. The van der Waals surface area contributed by atoms with Gasteiger partial charge in [0.1, 0.15) is 0 Å². The molecule has 0 saturated heterocycles. The van der Waals surface area contributed by atoms with Crippen molar-refractivity contribution >= 4 is 11.9 Å². The fourth-order valence-corrected chi connectivity index (χ4v) is 2.11. The molecule has 0 spiro atoms. The van der Waals surface area contributed by atoms with E-state index in [1.54, 1.807) is 11.9 Å². The molecule has 0 radical (unpaired) electrons. The fraction of sp³-hybridized carbons (Fsp3) is 0.529. The third kappa shape index (κ3) is 6.43. The van der Waals surface area contributed by atoms with Gasteiger partial charge < -0.3 is 10.0 Å². The zero-order valence-corrected chi connectivity index (χ0v) is 13.1. The third-order valence-corrected chi connectivity index (χ3v) is 3.52. The summed E-state index contributed by atoms with van der Waals surface area (Å²) in [6.07, 6.45) is 1.72. The van der Waals surface area contributed by atoms with Crippen LogP contribution in [-0.4, -0.2) is 28.9 Å². The van der Waals surface area contributed by atoms with Crippen LogP contribution < -0.4 is 0 Å². The lowest BCUT2D eigenvalue weighted by Gasteiger charge is -2.17. The number of hydrogen-bond donors (Lipinski definition) is 1. The lowest BCUT2D eigenvalue weighted by atomic mass is 10.0. The van der Waals surface area contributed by atoms with Gasteiger partial charge in [0.15, 0.2) is 0 Å². The van der Waals surface area contributed by atoms with Gasteiger partial charge in [-0.15, -0.1) is 0 Å². The summed E-state index contributed by atoms with van der Waals surface area (Å²) in [4.78, 5) is 24.0. The molecule has 21 heavy (non-hydrogen) atoms. The minimum Gasteiger partial charge on any atom is -0.481 e. The van der Waals surface area contributed by atoms with Crippen LogP contribution in [0.4, 0.5) is 0 Å². The Morgan fingerprint density at radius 1 is 1.10 bits per heavy atom. The monoisotopic (exact) mass is 291 g/mol. The Labute approximate surface area is 126 Å². The maximum atomic E-state index is 11.9. The molecule has 1 N–H and O–H groups in total. The SMILES string of the molecule is CC(C)c1ccc(CN(C)C(=O)CCCCC(=O)O)cc1. The molecule has 0 aliphatic rings. The molecule has 0 fully saturated rings. The zero-order chi connectivity index (χ0) is 15.8. The zero-order valence-electron chi connectivity index (χ0n) is 13.1. The summed E-state index contributed by atoms with van der Waals surface area (Å²) in [6.45, 7) is 4.90. The summed E-state index contributed by atoms with van der Waals surface area (Å²) >= 11 is 0. The molecule has 1 aromatic rings. The number of amides is 1. The van der Waals surface area contributed by atoms with E-state index in [-0.39, 0.29) is 12.3 Å². The fourth-order valence-electron chi connectivity index (χ4n) is 2.11. The molecule has 116 valence electrons. The number of carbonyl (C=O) groups excluding carboxylic acids is 1. The Balaban J connectivity index is 2.39. The predicted molar refractivity (Wildman–Crippen MR) is 83.1 cm³/mol.